The van der Waals surface area contributed by atoms with Crippen molar-refractivity contribution in [3.63, 3.8) is 0 Å². The topological polar surface area (TPSA) is 125 Å². The fourth-order valence-electron chi connectivity index (χ4n) is 3.94. The standard InChI is InChI=1S/C25H30BrNO9/c1-16(29)35-22(21-14-19(26)20(36-21)9-6-11-33-12-10-28)23(32-2)24(30)27-18(15-34-25(27)31)13-17-7-4-3-5-8-17/h3-5,7-8,14,18,22-23,28H,6,9-13,15H2,1-2H3/t18-,22+,23-/m0/s1. The number of furan rings is 1. The number of aliphatic hydroxyl groups is 1. The van der Waals surface area contributed by atoms with E-state index in [9.17, 15) is 14.4 Å². The molecule has 1 aliphatic rings. The lowest BCUT2D eigenvalue weighted by molar-refractivity contribution is -0.164. The van der Waals surface area contributed by atoms with Crippen LogP contribution in [0.5, 0.6) is 0 Å². The Hall–Kier alpha value is -2.73. The van der Waals surface area contributed by atoms with E-state index in [1.165, 1.54) is 14.0 Å². The fraction of sp³-hybridized carbons (Fsp3) is 0.480. The van der Waals surface area contributed by atoms with E-state index >= 15 is 0 Å². The van der Waals surface area contributed by atoms with Crippen molar-refractivity contribution in [1.29, 1.82) is 0 Å². The van der Waals surface area contributed by atoms with E-state index < -0.39 is 36.2 Å². The number of aliphatic hydroxyl groups excluding tert-OH is 1. The molecule has 10 nitrogen and oxygen atoms in total. The number of carbonyl (C=O) groups excluding carboxylic acids is 3. The van der Waals surface area contributed by atoms with Gasteiger partial charge in [0.15, 0.2) is 12.2 Å². The van der Waals surface area contributed by atoms with Crippen molar-refractivity contribution in [3.8, 4) is 0 Å². The van der Waals surface area contributed by atoms with Crippen molar-refractivity contribution in [2.24, 2.45) is 0 Å². The van der Waals surface area contributed by atoms with E-state index in [2.05, 4.69) is 15.9 Å². The Morgan fingerprint density at radius 2 is 2.00 bits per heavy atom. The molecule has 0 aliphatic carbocycles. The van der Waals surface area contributed by atoms with Crippen molar-refractivity contribution >= 4 is 33.9 Å². The molecule has 2 aromatic rings. The first kappa shape index (κ1) is 27.9. The first-order chi connectivity index (χ1) is 17.3. The van der Waals surface area contributed by atoms with E-state index in [1.807, 2.05) is 30.3 Å². The van der Waals surface area contributed by atoms with E-state index in [0.717, 1.165) is 10.5 Å². The molecule has 2 amide bonds. The molecule has 0 unspecified atom stereocenters. The highest BCUT2D eigenvalue weighted by Crippen LogP contribution is 2.33. The normalized spacial score (nSPS) is 17.1. The first-order valence-electron chi connectivity index (χ1n) is 11.6. The molecule has 3 atom stereocenters. The lowest BCUT2D eigenvalue weighted by Gasteiger charge is -2.28. The number of hydrogen-bond acceptors (Lipinski definition) is 9. The van der Waals surface area contributed by atoms with E-state index in [0.29, 0.717) is 36.1 Å². The summed E-state index contributed by atoms with van der Waals surface area (Å²) in [4.78, 5) is 39.1. The molecular weight excluding hydrogens is 538 g/mol. The van der Waals surface area contributed by atoms with Gasteiger partial charge in [0.1, 0.15) is 18.1 Å². The van der Waals surface area contributed by atoms with E-state index in [-0.39, 0.29) is 25.6 Å². The van der Waals surface area contributed by atoms with Crippen LogP contribution in [0.1, 0.15) is 36.5 Å². The smallest absolute Gasteiger partial charge is 0.417 e. The number of ether oxygens (including phenoxy) is 4. The summed E-state index contributed by atoms with van der Waals surface area (Å²) >= 11 is 3.44. The number of halogens is 1. The van der Waals surface area contributed by atoms with Gasteiger partial charge in [-0.15, -0.1) is 0 Å². The lowest BCUT2D eigenvalue weighted by Crippen LogP contribution is -2.48. The molecule has 1 saturated heterocycles. The summed E-state index contributed by atoms with van der Waals surface area (Å²) in [5.41, 5.74) is 0.937. The van der Waals surface area contributed by atoms with Gasteiger partial charge in [-0.05, 0) is 40.4 Å². The number of methoxy groups -OCH3 is 1. The summed E-state index contributed by atoms with van der Waals surface area (Å²) in [6, 6.07) is 10.5. The zero-order valence-electron chi connectivity index (χ0n) is 20.2. The minimum atomic E-state index is -1.35. The van der Waals surface area contributed by atoms with Crippen LogP contribution in [0, 0.1) is 0 Å². The molecule has 11 heteroatoms. The highest BCUT2D eigenvalue weighted by Gasteiger charge is 2.45. The largest absolute Gasteiger partial charge is 0.461 e. The molecule has 0 radical (unpaired) electrons. The molecule has 36 heavy (non-hydrogen) atoms. The minimum absolute atomic E-state index is 0.0446. The second-order valence-electron chi connectivity index (χ2n) is 8.17. The van der Waals surface area contributed by atoms with Crippen molar-refractivity contribution in [2.45, 2.75) is 44.4 Å². The summed E-state index contributed by atoms with van der Waals surface area (Å²) in [6.45, 7) is 1.88. The molecule has 1 aromatic carbocycles. The number of rotatable bonds is 13. The van der Waals surface area contributed by atoms with Crippen molar-refractivity contribution in [2.75, 3.05) is 33.5 Å². The van der Waals surface area contributed by atoms with Crippen LogP contribution in [-0.4, -0.2) is 73.7 Å². The maximum Gasteiger partial charge on any atom is 0.417 e. The Morgan fingerprint density at radius 1 is 1.25 bits per heavy atom. The summed E-state index contributed by atoms with van der Waals surface area (Å²) < 4.78 is 27.9. The maximum atomic E-state index is 13.6. The minimum Gasteiger partial charge on any atom is -0.461 e. The van der Waals surface area contributed by atoms with E-state index in [4.69, 9.17) is 28.5 Å². The second-order valence-corrected chi connectivity index (χ2v) is 9.03. The number of hydrogen-bond donors (Lipinski definition) is 1. The fourth-order valence-corrected chi connectivity index (χ4v) is 4.45. The predicted molar refractivity (Wildman–Crippen MR) is 130 cm³/mol. The summed E-state index contributed by atoms with van der Waals surface area (Å²) in [7, 11) is 1.30. The molecule has 0 saturated carbocycles. The number of carbonyl (C=O) groups is 3. The predicted octanol–water partition coefficient (Wildman–Crippen LogP) is 3.19. The van der Waals surface area contributed by atoms with Crippen LogP contribution in [0.15, 0.2) is 45.3 Å². The molecule has 1 aliphatic heterocycles. The third kappa shape index (κ3) is 7.16. The number of aryl methyl sites for hydroxylation is 1. The van der Waals surface area contributed by atoms with Crippen LogP contribution in [0.2, 0.25) is 0 Å². The molecule has 2 heterocycles. The highest BCUT2D eigenvalue weighted by molar-refractivity contribution is 9.10. The summed E-state index contributed by atoms with van der Waals surface area (Å²) in [6.07, 6.45) is -1.84. The number of esters is 1. The molecule has 1 N–H and O–H groups in total. The summed E-state index contributed by atoms with van der Waals surface area (Å²) in [5.74, 6) is -0.583. The Bertz CT molecular complexity index is 1030. The summed E-state index contributed by atoms with van der Waals surface area (Å²) in [5, 5.41) is 8.80. The number of benzene rings is 1. The Balaban J connectivity index is 1.80. The quantitative estimate of drug-likeness (QED) is 0.287. The SMILES string of the molecule is CO[C@H](C(=O)N1C(=O)OC[C@@H]1Cc1ccccc1)[C@H](OC(C)=O)c1cc(Br)c(CCCOCCO)o1. The average molecular weight is 568 g/mol. The van der Waals surface area contributed by atoms with Crippen LogP contribution < -0.4 is 0 Å². The number of nitrogens with zero attached hydrogens (tertiary/aromatic N) is 1. The van der Waals surface area contributed by atoms with Gasteiger partial charge in [-0.1, -0.05) is 30.3 Å². The van der Waals surface area contributed by atoms with Gasteiger partial charge in [0.05, 0.1) is 23.7 Å². The van der Waals surface area contributed by atoms with Crippen molar-refractivity contribution in [3.05, 3.63) is 58.0 Å². The monoisotopic (exact) mass is 567 g/mol. The zero-order chi connectivity index (χ0) is 26.1. The van der Waals surface area contributed by atoms with Gasteiger partial charge in [0.2, 0.25) is 0 Å². The van der Waals surface area contributed by atoms with Gasteiger partial charge in [0.25, 0.3) is 5.91 Å². The molecule has 196 valence electrons. The Labute approximate surface area is 217 Å². The molecule has 3 rings (SSSR count). The number of imide groups is 1. The van der Waals surface area contributed by atoms with Gasteiger partial charge in [0, 0.05) is 27.1 Å². The third-order valence-corrected chi connectivity index (χ3v) is 6.23. The molecular formula is C25H30BrNO9. The van der Waals surface area contributed by atoms with Crippen LogP contribution >= 0.6 is 15.9 Å². The van der Waals surface area contributed by atoms with Gasteiger partial charge < -0.3 is 28.5 Å². The Morgan fingerprint density at radius 3 is 2.67 bits per heavy atom. The number of amides is 2. The number of cyclic esters (lactones) is 1. The van der Waals surface area contributed by atoms with Crippen LogP contribution in [0.4, 0.5) is 4.79 Å². The molecule has 0 bridgehead atoms. The van der Waals surface area contributed by atoms with Crippen molar-refractivity contribution < 1.29 is 42.9 Å². The Kier molecular flexibility index (Phi) is 10.5. The lowest BCUT2D eigenvalue weighted by atomic mass is 10.0. The van der Waals surface area contributed by atoms with Gasteiger partial charge in [-0.2, -0.15) is 0 Å². The molecule has 1 aromatic heterocycles. The average Bonchev–Trinajstić information content (AvgIpc) is 3.40. The van der Waals surface area contributed by atoms with Crippen LogP contribution in [0.3, 0.4) is 0 Å². The maximum absolute atomic E-state index is 13.6. The highest BCUT2D eigenvalue weighted by atomic mass is 79.9. The zero-order valence-corrected chi connectivity index (χ0v) is 21.8. The first-order valence-corrected chi connectivity index (χ1v) is 12.4. The van der Waals surface area contributed by atoms with Gasteiger partial charge in [-0.25, -0.2) is 9.69 Å². The van der Waals surface area contributed by atoms with Gasteiger partial charge in [-0.3, -0.25) is 9.59 Å². The van der Waals surface area contributed by atoms with Crippen LogP contribution in [-0.2, 0) is 41.4 Å². The molecule has 0 spiro atoms. The van der Waals surface area contributed by atoms with Crippen LogP contribution in [0.25, 0.3) is 0 Å². The molecule has 1 fully saturated rings. The van der Waals surface area contributed by atoms with Crippen molar-refractivity contribution in [1.82, 2.24) is 4.90 Å². The van der Waals surface area contributed by atoms with E-state index in [1.54, 1.807) is 6.07 Å². The third-order valence-electron chi connectivity index (χ3n) is 5.56. The second kappa shape index (κ2) is 13.5. The van der Waals surface area contributed by atoms with Gasteiger partial charge >= 0.3 is 12.1 Å².